The lowest BCUT2D eigenvalue weighted by atomic mass is 9.78. The van der Waals surface area contributed by atoms with Gasteiger partial charge in [0.2, 0.25) is 0 Å². The molecule has 6 heteroatoms. The van der Waals surface area contributed by atoms with Gasteiger partial charge in [0, 0.05) is 11.4 Å². The molecule has 1 aliphatic heterocycles. The first-order chi connectivity index (χ1) is 10.2. The zero-order chi connectivity index (χ0) is 16.5. The summed E-state index contributed by atoms with van der Waals surface area (Å²) in [6.07, 6.45) is 0.862. The number of ether oxygens (including phenoxy) is 1. The summed E-state index contributed by atoms with van der Waals surface area (Å²) in [7, 11) is 0.947. The Kier molecular flexibility index (Phi) is 4.90. The second-order valence-corrected chi connectivity index (χ2v) is 6.92. The predicted octanol–water partition coefficient (Wildman–Crippen LogP) is 2.74. The molecule has 0 aromatic heterocycles. The Morgan fingerprint density at radius 3 is 2.32 bits per heavy atom. The normalized spacial score (nSPS) is 19.3. The van der Waals surface area contributed by atoms with E-state index in [2.05, 4.69) is 4.74 Å². The van der Waals surface area contributed by atoms with Gasteiger partial charge in [0.1, 0.15) is 0 Å². The van der Waals surface area contributed by atoms with E-state index < -0.39 is 7.12 Å². The maximum atomic E-state index is 11.2. The number of benzene rings is 1. The number of carbonyl (C=O) groups is 1. The Balaban J connectivity index is 2.12. The predicted molar refractivity (Wildman–Crippen MR) is 87.5 cm³/mol. The van der Waals surface area contributed by atoms with Crippen molar-refractivity contribution in [3.63, 3.8) is 0 Å². The summed E-state index contributed by atoms with van der Waals surface area (Å²) in [6.45, 7) is 8.05. The van der Waals surface area contributed by atoms with Crippen LogP contribution in [-0.2, 0) is 25.3 Å². The molecule has 2 rings (SSSR count). The summed E-state index contributed by atoms with van der Waals surface area (Å²) >= 11 is 6.31. The molecule has 1 aliphatic rings. The highest BCUT2D eigenvalue weighted by molar-refractivity contribution is 6.62. The maximum Gasteiger partial charge on any atom is 0.494 e. The first-order valence-corrected chi connectivity index (χ1v) is 7.75. The van der Waals surface area contributed by atoms with Gasteiger partial charge in [-0.25, -0.2) is 0 Å². The monoisotopic (exact) mass is 324 g/mol. The minimum absolute atomic E-state index is 0.244. The third kappa shape index (κ3) is 3.48. The molecule has 4 nitrogen and oxygen atoms in total. The van der Waals surface area contributed by atoms with Gasteiger partial charge >= 0.3 is 13.1 Å². The number of esters is 1. The molecule has 1 fully saturated rings. The summed E-state index contributed by atoms with van der Waals surface area (Å²) in [5, 5.41) is 0.608. The molecule has 0 N–H and O–H groups in total. The van der Waals surface area contributed by atoms with Crippen LogP contribution in [0.5, 0.6) is 0 Å². The van der Waals surface area contributed by atoms with Crippen molar-refractivity contribution in [1.29, 1.82) is 0 Å². The van der Waals surface area contributed by atoms with Gasteiger partial charge in [-0.05, 0) is 51.2 Å². The van der Waals surface area contributed by atoms with E-state index in [0.29, 0.717) is 17.9 Å². The van der Waals surface area contributed by atoms with E-state index in [0.717, 1.165) is 11.0 Å². The van der Waals surface area contributed by atoms with Gasteiger partial charge in [0.05, 0.1) is 18.3 Å². The molecule has 0 amide bonds. The van der Waals surface area contributed by atoms with Crippen LogP contribution < -0.4 is 5.46 Å². The van der Waals surface area contributed by atoms with Gasteiger partial charge in [-0.15, -0.1) is 0 Å². The average molecular weight is 325 g/mol. The number of aryl methyl sites for hydroxylation is 1. The van der Waals surface area contributed by atoms with Gasteiger partial charge in [0.25, 0.3) is 0 Å². The average Bonchev–Trinajstić information content (AvgIpc) is 2.65. The number of methoxy groups -OCH3 is 1. The third-order valence-corrected chi connectivity index (χ3v) is 4.78. The van der Waals surface area contributed by atoms with Crippen LogP contribution in [0, 0.1) is 0 Å². The standard InChI is InChI=1S/C16H22BClO4/c1-15(2)16(3,4)22-17(21-15)12-8-6-11(13(18)10-12)7-9-14(19)20-5/h6,8,10H,7,9H2,1-5H3. The highest BCUT2D eigenvalue weighted by atomic mass is 35.5. The van der Waals surface area contributed by atoms with Crippen molar-refractivity contribution < 1.29 is 18.8 Å². The summed E-state index contributed by atoms with van der Waals surface area (Å²) in [5.41, 5.74) is 1.03. The number of rotatable bonds is 4. The number of hydrogen-bond acceptors (Lipinski definition) is 4. The SMILES string of the molecule is COC(=O)CCc1ccc(B2OC(C)(C)C(C)(C)O2)cc1Cl. The zero-order valence-corrected chi connectivity index (χ0v) is 14.5. The van der Waals surface area contributed by atoms with E-state index in [-0.39, 0.29) is 17.2 Å². The molecular weight excluding hydrogens is 302 g/mol. The van der Waals surface area contributed by atoms with E-state index in [9.17, 15) is 4.79 Å². The molecule has 0 unspecified atom stereocenters. The van der Waals surface area contributed by atoms with Crippen molar-refractivity contribution in [1.82, 2.24) is 0 Å². The van der Waals surface area contributed by atoms with Crippen molar-refractivity contribution in [2.24, 2.45) is 0 Å². The molecule has 1 aromatic rings. The molecule has 0 aliphatic carbocycles. The van der Waals surface area contributed by atoms with E-state index in [1.54, 1.807) is 0 Å². The van der Waals surface area contributed by atoms with Crippen LogP contribution in [0.4, 0.5) is 0 Å². The van der Waals surface area contributed by atoms with Gasteiger partial charge in [0.15, 0.2) is 0 Å². The fraction of sp³-hybridized carbons (Fsp3) is 0.562. The highest BCUT2D eigenvalue weighted by Crippen LogP contribution is 2.36. The first kappa shape index (κ1) is 17.3. The lowest BCUT2D eigenvalue weighted by molar-refractivity contribution is -0.140. The summed E-state index contributed by atoms with van der Waals surface area (Å²) < 4.78 is 16.7. The Labute approximate surface area is 137 Å². The lowest BCUT2D eigenvalue weighted by Gasteiger charge is -2.32. The molecule has 0 bridgehead atoms. The highest BCUT2D eigenvalue weighted by Gasteiger charge is 2.51. The molecule has 120 valence electrons. The molecule has 0 saturated carbocycles. The number of carbonyl (C=O) groups excluding carboxylic acids is 1. The van der Waals surface area contributed by atoms with Crippen molar-refractivity contribution in [3.8, 4) is 0 Å². The van der Waals surface area contributed by atoms with Crippen LogP contribution >= 0.6 is 11.6 Å². The molecule has 0 radical (unpaired) electrons. The molecule has 0 atom stereocenters. The Morgan fingerprint density at radius 2 is 1.82 bits per heavy atom. The topological polar surface area (TPSA) is 44.8 Å². The fourth-order valence-corrected chi connectivity index (χ4v) is 2.51. The Morgan fingerprint density at radius 1 is 1.23 bits per heavy atom. The minimum atomic E-state index is -0.433. The van der Waals surface area contributed by atoms with E-state index in [1.807, 2.05) is 45.9 Å². The molecule has 1 heterocycles. The summed E-state index contributed by atoms with van der Waals surface area (Å²) in [5.74, 6) is -0.244. The largest absolute Gasteiger partial charge is 0.494 e. The molecule has 1 aromatic carbocycles. The summed E-state index contributed by atoms with van der Waals surface area (Å²) in [4.78, 5) is 11.2. The van der Waals surface area contributed by atoms with Crippen LogP contribution in [-0.4, -0.2) is 31.4 Å². The van der Waals surface area contributed by atoms with Gasteiger partial charge in [-0.2, -0.15) is 0 Å². The Bertz CT molecular complexity index is 555. The number of halogens is 1. The molecule has 22 heavy (non-hydrogen) atoms. The van der Waals surface area contributed by atoms with Crippen molar-refractivity contribution in [2.45, 2.75) is 51.7 Å². The van der Waals surface area contributed by atoms with Crippen molar-refractivity contribution in [2.75, 3.05) is 7.11 Å². The van der Waals surface area contributed by atoms with Crippen molar-refractivity contribution in [3.05, 3.63) is 28.8 Å². The van der Waals surface area contributed by atoms with E-state index >= 15 is 0 Å². The van der Waals surface area contributed by atoms with Crippen LogP contribution in [0.1, 0.15) is 39.7 Å². The zero-order valence-electron chi connectivity index (χ0n) is 13.7. The van der Waals surface area contributed by atoms with Gasteiger partial charge in [-0.3, -0.25) is 4.79 Å². The Hall–Kier alpha value is -1.04. The first-order valence-electron chi connectivity index (χ1n) is 7.37. The minimum Gasteiger partial charge on any atom is -0.469 e. The van der Waals surface area contributed by atoms with E-state index in [1.165, 1.54) is 7.11 Å². The molecule has 0 spiro atoms. The fourth-order valence-electron chi connectivity index (χ4n) is 2.23. The van der Waals surface area contributed by atoms with Crippen LogP contribution in [0.3, 0.4) is 0 Å². The van der Waals surface area contributed by atoms with E-state index in [4.69, 9.17) is 20.9 Å². The van der Waals surface area contributed by atoms with Gasteiger partial charge < -0.3 is 14.0 Å². The van der Waals surface area contributed by atoms with Crippen LogP contribution in [0.2, 0.25) is 5.02 Å². The second-order valence-electron chi connectivity index (χ2n) is 6.52. The third-order valence-electron chi connectivity index (χ3n) is 4.43. The van der Waals surface area contributed by atoms with Crippen LogP contribution in [0.25, 0.3) is 0 Å². The smallest absolute Gasteiger partial charge is 0.469 e. The quantitative estimate of drug-likeness (QED) is 0.631. The number of hydrogen-bond donors (Lipinski definition) is 0. The molecular formula is C16H22BClO4. The summed E-state index contributed by atoms with van der Waals surface area (Å²) in [6, 6.07) is 5.68. The van der Waals surface area contributed by atoms with Crippen LogP contribution in [0.15, 0.2) is 18.2 Å². The lowest BCUT2D eigenvalue weighted by Crippen LogP contribution is -2.41. The maximum absolute atomic E-state index is 11.2. The van der Waals surface area contributed by atoms with Gasteiger partial charge in [-0.1, -0.05) is 23.7 Å². The second kappa shape index (κ2) is 6.22. The van der Waals surface area contributed by atoms with Crippen molar-refractivity contribution >= 4 is 30.2 Å². The molecule has 1 saturated heterocycles.